The van der Waals surface area contributed by atoms with E-state index in [4.69, 9.17) is 11.6 Å². The molecule has 0 heterocycles. The lowest BCUT2D eigenvalue weighted by Crippen LogP contribution is -2.03. The van der Waals surface area contributed by atoms with Crippen molar-refractivity contribution in [3.05, 3.63) is 70.2 Å². The Bertz CT molecular complexity index is 556. The average molecular weight is 259 g/mol. The van der Waals surface area contributed by atoms with Gasteiger partial charge in [-0.3, -0.25) is 9.59 Å². The third-order valence-electron chi connectivity index (χ3n) is 2.65. The van der Waals surface area contributed by atoms with Gasteiger partial charge in [-0.05, 0) is 29.8 Å². The SMILES string of the molecule is O=Cc1ccc(CC(=O)c2ccc(Cl)cc2)cc1. The summed E-state index contributed by atoms with van der Waals surface area (Å²) in [6.45, 7) is 0. The second kappa shape index (κ2) is 5.61. The maximum absolute atomic E-state index is 12.0. The molecule has 18 heavy (non-hydrogen) atoms. The molecule has 3 heteroatoms. The molecule has 0 N–H and O–H groups in total. The molecule has 2 nitrogen and oxygen atoms in total. The van der Waals surface area contributed by atoms with Crippen LogP contribution in [0.25, 0.3) is 0 Å². The van der Waals surface area contributed by atoms with Crippen molar-refractivity contribution >= 4 is 23.7 Å². The number of hydrogen-bond donors (Lipinski definition) is 0. The third kappa shape index (κ3) is 3.05. The molecule has 2 rings (SSSR count). The molecule has 0 saturated heterocycles. The number of benzene rings is 2. The fraction of sp³-hybridized carbons (Fsp3) is 0.0667. The van der Waals surface area contributed by atoms with Crippen molar-refractivity contribution in [1.29, 1.82) is 0 Å². The average Bonchev–Trinajstić information content (AvgIpc) is 2.40. The first-order valence-electron chi connectivity index (χ1n) is 5.52. The summed E-state index contributed by atoms with van der Waals surface area (Å²) >= 11 is 5.77. The zero-order chi connectivity index (χ0) is 13.0. The largest absolute Gasteiger partial charge is 0.298 e. The van der Waals surface area contributed by atoms with Crippen LogP contribution in [0.2, 0.25) is 5.02 Å². The molecule has 0 atom stereocenters. The molecule has 2 aromatic carbocycles. The molecule has 0 spiro atoms. The van der Waals surface area contributed by atoms with Gasteiger partial charge in [-0.15, -0.1) is 0 Å². The zero-order valence-corrected chi connectivity index (χ0v) is 10.4. The maximum atomic E-state index is 12.0. The number of rotatable bonds is 4. The molecule has 0 saturated carbocycles. The molecule has 0 amide bonds. The second-order valence-corrected chi connectivity index (χ2v) is 4.40. The highest BCUT2D eigenvalue weighted by Crippen LogP contribution is 2.12. The van der Waals surface area contributed by atoms with Crippen molar-refractivity contribution in [2.45, 2.75) is 6.42 Å². The monoisotopic (exact) mass is 258 g/mol. The summed E-state index contributed by atoms with van der Waals surface area (Å²) in [5, 5.41) is 0.613. The van der Waals surface area contributed by atoms with Gasteiger partial charge in [0.1, 0.15) is 6.29 Å². The van der Waals surface area contributed by atoms with Crippen LogP contribution in [0.4, 0.5) is 0 Å². The standard InChI is InChI=1S/C15H11ClO2/c16-14-7-5-13(6-8-14)15(18)9-11-1-3-12(10-17)4-2-11/h1-8,10H,9H2. The first-order chi connectivity index (χ1) is 8.69. The van der Waals surface area contributed by atoms with Crippen LogP contribution in [0.15, 0.2) is 48.5 Å². The van der Waals surface area contributed by atoms with E-state index in [9.17, 15) is 9.59 Å². The Balaban J connectivity index is 2.10. The van der Waals surface area contributed by atoms with E-state index in [-0.39, 0.29) is 5.78 Å². The molecule has 0 aliphatic rings. The molecular weight excluding hydrogens is 248 g/mol. The van der Waals surface area contributed by atoms with Crippen molar-refractivity contribution < 1.29 is 9.59 Å². The minimum absolute atomic E-state index is 0.0329. The minimum Gasteiger partial charge on any atom is -0.298 e. The van der Waals surface area contributed by atoms with Gasteiger partial charge >= 0.3 is 0 Å². The third-order valence-corrected chi connectivity index (χ3v) is 2.90. The van der Waals surface area contributed by atoms with Gasteiger partial charge in [-0.2, -0.15) is 0 Å². The number of halogens is 1. The Morgan fingerprint density at radius 3 is 2.17 bits per heavy atom. The van der Waals surface area contributed by atoms with Gasteiger partial charge in [-0.25, -0.2) is 0 Å². The molecule has 0 bridgehead atoms. The van der Waals surface area contributed by atoms with Gasteiger partial charge in [0.2, 0.25) is 0 Å². The van der Waals surface area contributed by atoms with Gasteiger partial charge in [0.05, 0.1) is 0 Å². The summed E-state index contributed by atoms with van der Waals surface area (Å²) in [6.07, 6.45) is 1.10. The number of carbonyl (C=O) groups is 2. The van der Waals surface area contributed by atoms with Crippen LogP contribution in [-0.4, -0.2) is 12.1 Å². The Morgan fingerprint density at radius 2 is 1.61 bits per heavy atom. The number of Topliss-reactive ketones (excluding diaryl/α,β-unsaturated/α-hetero) is 1. The van der Waals surface area contributed by atoms with Crippen LogP contribution in [-0.2, 0) is 6.42 Å². The lowest BCUT2D eigenvalue weighted by Gasteiger charge is -2.02. The summed E-state index contributed by atoms with van der Waals surface area (Å²) in [5.74, 6) is 0.0329. The van der Waals surface area contributed by atoms with E-state index in [1.807, 2.05) is 0 Å². The number of aldehydes is 1. The minimum atomic E-state index is 0.0329. The summed E-state index contributed by atoms with van der Waals surface area (Å²) in [7, 11) is 0. The highest BCUT2D eigenvalue weighted by atomic mass is 35.5. The lowest BCUT2D eigenvalue weighted by atomic mass is 10.0. The maximum Gasteiger partial charge on any atom is 0.167 e. The fourth-order valence-electron chi connectivity index (χ4n) is 1.64. The molecule has 0 aromatic heterocycles. The Hall–Kier alpha value is -1.93. The fourth-order valence-corrected chi connectivity index (χ4v) is 1.76. The van der Waals surface area contributed by atoms with Crippen molar-refractivity contribution in [3.63, 3.8) is 0 Å². The highest BCUT2D eigenvalue weighted by Gasteiger charge is 2.06. The smallest absolute Gasteiger partial charge is 0.167 e. The predicted molar refractivity (Wildman–Crippen MR) is 71.3 cm³/mol. The molecule has 0 unspecified atom stereocenters. The first kappa shape index (κ1) is 12.5. The van der Waals surface area contributed by atoms with Crippen LogP contribution in [0.5, 0.6) is 0 Å². The van der Waals surface area contributed by atoms with E-state index >= 15 is 0 Å². The quantitative estimate of drug-likeness (QED) is 0.621. The normalized spacial score (nSPS) is 10.1. The number of ketones is 1. The van der Waals surface area contributed by atoms with Gasteiger partial charge < -0.3 is 0 Å². The van der Waals surface area contributed by atoms with Crippen LogP contribution in [0.3, 0.4) is 0 Å². The summed E-state index contributed by atoms with van der Waals surface area (Å²) < 4.78 is 0. The van der Waals surface area contributed by atoms with Crippen LogP contribution < -0.4 is 0 Å². The molecular formula is C15H11ClO2. The molecule has 2 aromatic rings. The summed E-state index contributed by atoms with van der Waals surface area (Å²) in [5.41, 5.74) is 2.14. The van der Waals surface area contributed by atoms with Gasteiger partial charge in [0.15, 0.2) is 5.78 Å². The summed E-state index contributed by atoms with van der Waals surface area (Å²) in [6, 6.07) is 13.8. The van der Waals surface area contributed by atoms with Crippen LogP contribution in [0, 0.1) is 0 Å². The Kier molecular flexibility index (Phi) is 3.90. The topological polar surface area (TPSA) is 34.1 Å². The van der Waals surface area contributed by atoms with E-state index in [0.29, 0.717) is 22.6 Å². The van der Waals surface area contributed by atoms with E-state index in [0.717, 1.165) is 11.8 Å². The summed E-state index contributed by atoms with van der Waals surface area (Å²) in [4.78, 5) is 22.5. The second-order valence-electron chi connectivity index (χ2n) is 3.97. The highest BCUT2D eigenvalue weighted by molar-refractivity contribution is 6.30. The van der Waals surface area contributed by atoms with E-state index in [1.165, 1.54) is 0 Å². The van der Waals surface area contributed by atoms with Gasteiger partial charge in [0, 0.05) is 22.6 Å². The Labute approximate surface area is 110 Å². The van der Waals surface area contributed by atoms with Gasteiger partial charge in [-0.1, -0.05) is 35.9 Å². The first-order valence-corrected chi connectivity index (χ1v) is 5.90. The molecule has 0 aliphatic carbocycles. The van der Waals surface area contributed by atoms with Crippen LogP contribution in [0.1, 0.15) is 26.3 Å². The van der Waals surface area contributed by atoms with Crippen LogP contribution >= 0.6 is 11.6 Å². The van der Waals surface area contributed by atoms with Crippen molar-refractivity contribution in [2.75, 3.05) is 0 Å². The lowest BCUT2D eigenvalue weighted by molar-refractivity contribution is 0.0992. The predicted octanol–water partition coefficient (Wildman–Crippen LogP) is 3.58. The molecule has 0 radical (unpaired) electrons. The van der Waals surface area contributed by atoms with Gasteiger partial charge in [0.25, 0.3) is 0 Å². The number of carbonyl (C=O) groups excluding carboxylic acids is 2. The van der Waals surface area contributed by atoms with E-state index in [1.54, 1.807) is 48.5 Å². The zero-order valence-electron chi connectivity index (χ0n) is 9.60. The molecule has 0 aliphatic heterocycles. The van der Waals surface area contributed by atoms with E-state index in [2.05, 4.69) is 0 Å². The van der Waals surface area contributed by atoms with E-state index < -0.39 is 0 Å². The number of hydrogen-bond acceptors (Lipinski definition) is 2. The van der Waals surface area contributed by atoms with Crippen molar-refractivity contribution in [3.8, 4) is 0 Å². The van der Waals surface area contributed by atoms with Crippen molar-refractivity contribution in [2.24, 2.45) is 0 Å². The molecule has 0 fully saturated rings. The Morgan fingerprint density at radius 1 is 1.00 bits per heavy atom. The van der Waals surface area contributed by atoms with Crippen molar-refractivity contribution in [1.82, 2.24) is 0 Å². The molecule has 90 valence electrons.